The van der Waals surface area contributed by atoms with Gasteiger partial charge in [0, 0.05) is 30.1 Å². The van der Waals surface area contributed by atoms with Crippen molar-refractivity contribution in [2.75, 3.05) is 6.54 Å². The van der Waals surface area contributed by atoms with E-state index in [0.717, 1.165) is 42.3 Å². The van der Waals surface area contributed by atoms with Gasteiger partial charge >= 0.3 is 0 Å². The predicted molar refractivity (Wildman–Crippen MR) is 97.6 cm³/mol. The predicted octanol–water partition coefficient (Wildman–Crippen LogP) is 2.49. The highest BCUT2D eigenvalue weighted by molar-refractivity contribution is 6.03. The lowest BCUT2D eigenvalue weighted by Gasteiger charge is -2.13. The van der Waals surface area contributed by atoms with Crippen LogP contribution in [0.5, 0.6) is 0 Å². The van der Waals surface area contributed by atoms with Gasteiger partial charge in [-0.2, -0.15) is 5.10 Å². The topological polar surface area (TPSA) is 79.8 Å². The molecular formula is C19H22N4O2. The summed E-state index contributed by atoms with van der Waals surface area (Å²) in [6.07, 6.45) is 4.24. The monoisotopic (exact) mass is 338 g/mol. The SMILES string of the molecule is Cc1[nH]nc2c1c(=O)n(CCNC(=O)C1CCCC1)c1ccccc21. The van der Waals surface area contributed by atoms with Crippen LogP contribution in [0.15, 0.2) is 29.1 Å². The fourth-order valence-electron chi connectivity index (χ4n) is 3.88. The number of nitrogens with zero attached hydrogens (tertiary/aromatic N) is 2. The third kappa shape index (κ3) is 2.71. The first-order chi connectivity index (χ1) is 12.2. The number of rotatable bonds is 4. The standard InChI is InChI=1S/C19H22N4O2/c1-12-16-17(22-21-12)14-8-4-5-9-15(14)23(19(16)25)11-10-20-18(24)13-6-2-3-7-13/h4-5,8-9,13H,2-3,6-7,10-11H2,1H3,(H,20,24)(H,21,22). The van der Waals surface area contributed by atoms with Crippen molar-refractivity contribution in [3.8, 4) is 0 Å². The Bertz CT molecular complexity index is 996. The number of benzene rings is 1. The fourth-order valence-corrected chi connectivity index (χ4v) is 3.88. The number of fused-ring (bicyclic) bond motifs is 3. The van der Waals surface area contributed by atoms with Crippen LogP contribution in [-0.2, 0) is 11.3 Å². The van der Waals surface area contributed by atoms with Crippen LogP contribution in [0.1, 0.15) is 31.4 Å². The van der Waals surface area contributed by atoms with Gasteiger partial charge in [0.25, 0.3) is 5.56 Å². The van der Waals surface area contributed by atoms with Crippen LogP contribution < -0.4 is 10.9 Å². The number of aryl methyl sites for hydroxylation is 1. The van der Waals surface area contributed by atoms with Gasteiger partial charge in [0.2, 0.25) is 5.91 Å². The van der Waals surface area contributed by atoms with Gasteiger partial charge in [-0.25, -0.2) is 0 Å². The molecule has 0 saturated heterocycles. The van der Waals surface area contributed by atoms with E-state index >= 15 is 0 Å². The molecule has 1 aromatic carbocycles. The number of aromatic nitrogens is 3. The molecule has 0 atom stereocenters. The Kier molecular flexibility index (Phi) is 4.03. The van der Waals surface area contributed by atoms with Gasteiger partial charge in [-0.15, -0.1) is 0 Å². The summed E-state index contributed by atoms with van der Waals surface area (Å²) in [6.45, 7) is 2.78. The van der Waals surface area contributed by atoms with Crippen LogP contribution >= 0.6 is 0 Å². The molecule has 2 heterocycles. The number of carbonyl (C=O) groups excluding carboxylic acids is 1. The van der Waals surface area contributed by atoms with Crippen LogP contribution in [0.3, 0.4) is 0 Å². The Hall–Kier alpha value is -2.63. The molecule has 4 rings (SSSR count). The maximum absolute atomic E-state index is 12.9. The molecule has 1 fully saturated rings. The van der Waals surface area contributed by atoms with Crippen LogP contribution in [0, 0.1) is 12.8 Å². The number of amides is 1. The van der Waals surface area contributed by atoms with E-state index in [4.69, 9.17) is 0 Å². The molecule has 2 aromatic heterocycles. The lowest BCUT2D eigenvalue weighted by molar-refractivity contribution is -0.124. The normalized spacial score (nSPS) is 15.2. The minimum atomic E-state index is -0.0601. The molecule has 1 amide bonds. The highest BCUT2D eigenvalue weighted by Gasteiger charge is 2.22. The molecule has 6 heteroatoms. The van der Waals surface area contributed by atoms with Gasteiger partial charge in [0.05, 0.1) is 10.9 Å². The number of hydrogen-bond acceptors (Lipinski definition) is 3. The number of hydrogen-bond donors (Lipinski definition) is 2. The Morgan fingerprint density at radius 2 is 2.08 bits per heavy atom. The van der Waals surface area contributed by atoms with E-state index < -0.39 is 0 Å². The molecule has 1 aliphatic carbocycles. The van der Waals surface area contributed by atoms with Crippen molar-refractivity contribution in [3.05, 3.63) is 40.3 Å². The Morgan fingerprint density at radius 3 is 2.88 bits per heavy atom. The average molecular weight is 338 g/mol. The zero-order valence-electron chi connectivity index (χ0n) is 14.3. The molecule has 3 aromatic rings. The van der Waals surface area contributed by atoms with E-state index in [-0.39, 0.29) is 17.4 Å². The first-order valence-electron chi connectivity index (χ1n) is 8.90. The van der Waals surface area contributed by atoms with E-state index in [2.05, 4.69) is 15.5 Å². The summed E-state index contributed by atoms with van der Waals surface area (Å²) >= 11 is 0. The molecule has 0 aliphatic heterocycles. The van der Waals surface area contributed by atoms with Crippen LogP contribution in [0.2, 0.25) is 0 Å². The van der Waals surface area contributed by atoms with E-state index in [0.29, 0.717) is 24.0 Å². The number of aromatic amines is 1. The van der Waals surface area contributed by atoms with Gasteiger partial charge in [0.15, 0.2) is 0 Å². The lowest BCUT2D eigenvalue weighted by Crippen LogP contribution is -2.34. The van der Waals surface area contributed by atoms with E-state index in [1.165, 1.54) is 0 Å². The molecule has 0 radical (unpaired) electrons. The molecule has 2 N–H and O–H groups in total. The van der Waals surface area contributed by atoms with Gasteiger partial charge in [-0.05, 0) is 25.8 Å². The number of H-pyrrole nitrogens is 1. The maximum atomic E-state index is 12.9. The number of carbonyl (C=O) groups is 1. The molecule has 1 saturated carbocycles. The van der Waals surface area contributed by atoms with Gasteiger partial charge in [-0.1, -0.05) is 31.0 Å². The second kappa shape index (κ2) is 6.35. The Morgan fingerprint density at radius 1 is 1.32 bits per heavy atom. The Balaban J connectivity index is 1.66. The van der Waals surface area contributed by atoms with Gasteiger partial charge < -0.3 is 9.88 Å². The van der Waals surface area contributed by atoms with Crippen LogP contribution in [-0.4, -0.2) is 27.2 Å². The molecule has 1 aliphatic rings. The summed E-state index contributed by atoms with van der Waals surface area (Å²) in [6, 6.07) is 7.77. The quantitative estimate of drug-likeness (QED) is 0.767. The highest BCUT2D eigenvalue weighted by Crippen LogP contribution is 2.25. The van der Waals surface area contributed by atoms with Crippen molar-refractivity contribution in [1.82, 2.24) is 20.1 Å². The van der Waals surface area contributed by atoms with Gasteiger partial charge in [0.1, 0.15) is 5.52 Å². The average Bonchev–Trinajstić information content (AvgIpc) is 3.28. The molecule has 130 valence electrons. The highest BCUT2D eigenvalue weighted by atomic mass is 16.2. The second-order valence-electron chi connectivity index (χ2n) is 6.82. The summed E-state index contributed by atoms with van der Waals surface area (Å²) in [7, 11) is 0. The minimum absolute atomic E-state index is 0.0601. The number of pyridine rings is 1. The van der Waals surface area contributed by atoms with Crippen molar-refractivity contribution < 1.29 is 4.79 Å². The van der Waals surface area contributed by atoms with Crippen LogP contribution in [0.25, 0.3) is 21.8 Å². The summed E-state index contributed by atoms with van der Waals surface area (Å²) in [5.41, 5.74) is 2.27. The van der Waals surface area contributed by atoms with Crippen molar-refractivity contribution in [2.24, 2.45) is 5.92 Å². The first-order valence-corrected chi connectivity index (χ1v) is 8.90. The number of para-hydroxylation sites is 1. The van der Waals surface area contributed by atoms with Crippen LogP contribution in [0.4, 0.5) is 0 Å². The molecule has 0 spiro atoms. The summed E-state index contributed by atoms with van der Waals surface area (Å²) in [5.74, 6) is 0.266. The van der Waals surface area contributed by atoms with Crippen molar-refractivity contribution in [1.29, 1.82) is 0 Å². The van der Waals surface area contributed by atoms with E-state index in [9.17, 15) is 9.59 Å². The van der Waals surface area contributed by atoms with Crippen molar-refractivity contribution in [3.63, 3.8) is 0 Å². The van der Waals surface area contributed by atoms with Gasteiger partial charge in [-0.3, -0.25) is 14.7 Å². The minimum Gasteiger partial charge on any atom is -0.354 e. The smallest absolute Gasteiger partial charge is 0.262 e. The van der Waals surface area contributed by atoms with Crippen molar-refractivity contribution >= 4 is 27.7 Å². The lowest BCUT2D eigenvalue weighted by atomic mass is 10.1. The van der Waals surface area contributed by atoms with E-state index in [1.807, 2.05) is 31.2 Å². The Labute approximate surface area is 145 Å². The second-order valence-corrected chi connectivity index (χ2v) is 6.82. The molecule has 0 bridgehead atoms. The first kappa shape index (κ1) is 15.9. The zero-order valence-corrected chi connectivity index (χ0v) is 14.3. The molecule has 25 heavy (non-hydrogen) atoms. The summed E-state index contributed by atoms with van der Waals surface area (Å²) < 4.78 is 1.75. The van der Waals surface area contributed by atoms with Crippen molar-refractivity contribution in [2.45, 2.75) is 39.2 Å². The number of nitrogens with one attached hydrogen (secondary N) is 2. The third-order valence-electron chi connectivity index (χ3n) is 5.22. The molecule has 6 nitrogen and oxygen atoms in total. The largest absolute Gasteiger partial charge is 0.354 e. The third-order valence-corrected chi connectivity index (χ3v) is 5.22. The molecular weight excluding hydrogens is 316 g/mol. The molecule has 0 unspecified atom stereocenters. The zero-order chi connectivity index (χ0) is 17.4. The fraction of sp³-hybridized carbons (Fsp3) is 0.421. The van der Waals surface area contributed by atoms with E-state index in [1.54, 1.807) is 4.57 Å². The summed E-state index contributed by atoms with van der Waals surface area (Å²) in [5, 5.41) is 11.8. The summed E-state index contributed by atoms with van der Waals surface area (Å²) in [4.78, 5) is 25.1. The maximum Gasteiger partial charge on any atom is 0.262 e.